The Hall–Kier alpha value is -1.39. The molecule has 0 spiro atoms. The first kappa shape index (κ1) is 14.6. The molecule has 0 saturated heterocycles. The average Bonchev–Trinajstić information content (AvgIpc) is 2.24. The zero-order valence-corrected chi connectivity index (χ0v) is 10.00. The van der Waals surface area contributed by atoms with Crippen molar-refractivity contribution >= 4 is 11.8 Å². The fourth-order valence-corrected chi connectivity index (χ4v) is 1.07. The Bertz CT molecular complexity index is 284. The van der Waals surface area contributed by atoms with E-state index in [-0.39, 0.29) is 24.3 Å². The number of ether oxygens (including phenoxy) is 1. The molecular formula is C11H19FN2O2. The van der Waals surface area contributed by atoms with Crippen LogP contribution in [0, 0.1) is 5.92 Å². The second kappa shape index (κ2) is 7.84. The SMILES string of the molecule is COC(=O)C(C)CC/C=C(\F)CN=C(C)N. The minimum absolute atomic E-state index is 0.0328. The van der Waals surface area contributed by atoms with Gasteiger partial charge in [0.25, 0.3) is 0 Å². The highest BCUT2D eigenvalue weighted by atomic mass is 19.1. The topological polar surface area (TPSA) is 64.7 Å². The number of esters is 1. The van der Waals surface area contributed by atoms with E-state index in [2.05, 4.69) is 9.73 Å². The minimum Gasteiger partial charge on any atom is -0.469 e. The normalized spacial score (nSPS) is 14.8. The summed E-state index contributed by atoms with van der Waals surface area (Å²) in [6, 6.07) is 0. The van der Waals surface area contributed by atoms with E-state index in [4.69, 9.17) is 5.73 Å². The van der Waals surface area contributed by atoms with Crippen molar-refractivity contribution in [2.24, 2.45) is 16.6 Å². The van der Waals surface area contributed by atoms with E-state index in [0.717, 1.165) is 0 Å². The van der Waals surface area contributed by atoms with Crippen molar-refractivity contribution in [2.45, 2.75) is 26.7 Å². The van der Waals surface area contributed by atoms with Crippen LogP contribution in [0.4, 0.5) is 4.39 Å². The van der Waals surface area contributed by atoms with Gasteiger partial charge in [0.1, 0.15) is 5.83 Å². The van der Waals surface area contributed by atoms with Crippen molar-refractivity contribution < 1.29 is 13.9 Å². The number of carbonyl (C=O) groups excluding carboxylic acids is 1. The molecule has 2 N–H and O–H groups in total. The molecule has 0 bridgehead atoms. The lowest BCUT2D eigenvalue weighted by atomic mass is 10.1. The maximum atomic E-state index is 13.1. The number of nitrogens with zero attached hydrogens (tertiary/aromatic N) is 1. The molecule has 0 aromatic rings. The van der Waals surface area contributed by atoms with Gasteiger partial charge >= 0.3 is 5.97 Å². The zero-order valence-electron chi connectivity index (χ0n) is 10.00. The molecule has 0 aliphatic rings. The van der Waals surface area contributed by atoms with Crippen LogP contribution >= 0.6 is 0 Å². The molecule has 0 aromatic carbocycles. The highest BCUT2D eigenvalue weighted by Gasteiger charge is 2.11. The monoisotopic (exact) mass is 230 g/mol. The highest BCUT2D eigenvalue weighted by molar-refractivity contribution is 5.77. The molecule has 0 aromatic heterocycles. The Morgan fingerprint density at radius 1 is 1.62 bits per heavy atom. The molecule has 0 saturated carbocycles. The van der Waals surface area contributed by atoms with Crippen molar-refractivity contribution in [2.75, 3.05) is 13.7 Å². The molecule has 0 heterocycles. The van der Waals surface area contributed by atoms with Gasteiger partial charge in [-0.25, -0.2) is 4.39 Å². The fraction of sp³-hybridized carbons (Fsp3) is 0.636. The maximum Gasteiger partial charge on any atom is 0.308 e. The summed E-state index contributed by atoms with van der Waals surface area (Å²) in [5.41, 5.74) is 5.27. The molecule has 4 nitrogen and oxygen atoms in total. The van der Waals surface area contributed by atoms with E-state index in [0.29, 0.717) is 18.7 Å². The number of hydrogen-bond donors (Lipinski definition) is 1. The number of rotatable bonds is 6. The van der Waals surface area contributed by atoms with Crippen molar-refractivity contribution in [3.05, 3.63) is 11.9 Å². The fourth-order valence-electron chi connectivity index (χ4n) is 1.07. The summed E-state index contributed by atoms with van der Waals surface area (Å²) in [5.74, 6) is -0.466. The summed E-state index contributed by atoms with van der Waals surface area (Å²) in [7, 11) is 1.34. The van der Waals surface area contributed by atoms with Crippen LogP contribution in [-0.2, 0) is 9.53 Å². The van der Waals surface area contributed by atoms with Gasteiger partial charge in [-0.3, -0.25) is 9.79 Å². The molecular weight excluding hydrogens is 211 g/mol. The lowest BCUT2D eigenvalue weighted by molar-refractivity contribution is -0.144. The summed E-state index contributed by atoms with van der Waals surface area (Å²) in [6.45, 7) is 3.32. The van der Waals surface area contributed by atoms with Crippen molar-refractivity contribution in [1.82, 2.24) is 0 Å². The maximum absolute atomic E-state index is 13.1. The number of methoxy groups -OCH3 is 1. The largest absolute Gasteiger partial charge is 0.469 e. The van der Waals surface area contributed by atoms with Gasteiger partial charge < -0.3 is 10.5 Å². The van der Waals surface area contributed by atoms with Crippen LogP contribution in [0.1, 0.15) is 26.7 Å². The summed E-state index contributed by atoms with van der Waals surface area (Å²) < 4.78 is 17.6. The van der Waals surface area contributed by atoms with E-state index in [1.165, 1.54) is 13.2 Å². The second-order valence-electron chi connectivity index (χ2n) is 3.61. The molecule has 0 fully saturated rings. The zero-order chi connectivity index (χ0) is 12.6. The molecule has 16 heavy (non-hydrogen) atoms. The van der Waals surface area contributed by atoms with Gasteiger partial charge in [-0.05, 0) is 19.8 Å². The van der Waals surface area contributed by atoms with E-state index in [1.807, 2.05) is 0 Å². The van der Waals surface area contributed by atoms with Crippen LogP contribution in [0.2, 0.25) is 0 Å². The Morgan fingerprint density at radius 3 is 2.75 bits per heavy atom. The first-order valence-electron chi connectivity index (χ1n) is 5.16. The van der Waals surface area contributed by atoms with Crippen molar-refractivity contribution in [3.63, 3.8) is 0 Å². The first-order chi connectivity index (χ1) is 7.47. The van der Waals surface area contributed by atoms with E-state index in [1.54, 1.807) is 13.8 Å². The smallest absolute Gasteiger partial charge is 0.308 e. The predicted molar refractivity (Wildman–Crippen MR) is 61.8 cm³/mol. The lowest BCUT2D eigenvalue weighted by Gasteiger charge is -2.06. The van der Waals surface area contributed by atoms with Crippen LogP contribution < -0.4 is 5.73 Å². The number of carbonyl (C=O) groups is 1. The minimum atomic E-state index is -0.332. The van der Waals surface area contributed by atoms with Gasteiger partial charge in [-0.1, -0.05) is 13.0 Å². The Kier molecular flexibility index (Phi) is 7.16. The first-order valence-corrected chi connectivity index (χ1v) is 5.16. The molecule has 92 valence electrons. The molecule has 0 rings (SSSR count). The standard InChI is InChI=1S/C11H19FN2O2/c1-8(11(15)16-3)5-4-6-10(12)7-14-9(2)13/h6,8H,4-5,7H2,1-3H3,(H2,13,14)/b10-6-. The third kappa shape index (κ3) is 6.98. The van der Waals surface area contributed by atoms with Gasteiger partial charge in [-0.2, -0.15) is 0 Å². The van der Waals surface area contributed by atoms with Gasteiger partial charge in [-0.15, -0.1) is 0 Å². The summed E-state index contributed by atoms with van der Waals surface area (Å²) in [5, 5.41) is 0. The summed E-state index contributed by atoms with van der Waals surface area (Å²) >= 11 is 0. The van der Waals surface area contributed by atoms with Crippen LogP contribution in [0.5, 0.6) is 0 Å². The highest BCUT2D eigenvalue weighted by Crippen LogP contribution is 2.10. The van der Waals surface area contributed by atoms with Crippen molar-refractivity contribution in [1.29, 1.82) is 0 Å². The van der Waals surface area contributed by atoms with Crippen LogP contribution in [-0.4, -0.2) is 25.5 Å². The summed E-state index contributed by atoms with van der Waals surface area (Å²) in [6.07, 6.45) is 2.47. The number of amidine groups is 1. The Labute approximate surface area is 95.4 Å². The molecule has 5 heteroatoms. The Balaban J connectivity index is 3.91. The van der Waals surface area contributed by atoms with Gasteiger partial charge in [0.2, 0.25) is 0 Å². The van der Waals surface area contributed by atoms with Crippen LogP contribution in [0.3, 0.4) is 0 Å². The van der Waals surface area contributed by atoms with Gasteiger partial charge in [0.05, 0.1) is 25.4 Å². The molecule has 0 aliphatic carbocycles. The third-order valence-corrected chi connectivity index (χ3v) is 2.05. The second-order valence-corrected chi connectivity index (χ2v) is 3.61. The van der Waals surface area contributed by atoms with Crippen molar-refractivity contribution in [3.8, 4) is 0 Å². The van der Waals surface area contributed by atoms with Crippen LogP contribution in [0.25, 0.3) is 0 Å². The van der Waals surface area contributed by atoms with E-state index in [9.17, 15) is 9.18 Å². The van der Waals surface area contributed by atoms with Crippen LogP contribution in [0.15, 0.2) is 16.9 Å². The quantitative estimate of drug-likeness (QED) is 0.430. The average molecular weight is 230 g/mol. The van der Waals surface area contributed by atoms with Gasteiger partial charge in [0, 0.05) is 0 Å². The summed E-state index contributed by atoms with van der Waals surface area (Å²) in [4.78, 5) is 14.8. The molecule has 1 unspecified atom stereocenters. The van der Waals surface area contributed by atoms with E-state index >= 15 is 0 Å². The Morgan fingerprint density at radius 2 is 2.25 bits per heavy atom. The molecule has 0 aliphatic heterocycles. The molecule has 0 radical (unpaired) electrons. The number of allylic oxidation sites excluding steroid dienone is 1. The predicted octanol–water partition coefficient (Wildman–Crippen LogP) is 1.81. The number of hydrogen-bond acceptors (Lipinski definition) is 3. The number of aliphatic imine (C=N–C) groups is 1. The molecule has 1 atom stereocenters. The third-order valence-electron chi connectivity index (χ3n) is 2.05. The molecule has 0 amide bonds. The van der Waals surface area contributed by atoms with Gasteiger partial charge in [0.15, 0.2) is 0 Å². The van der Waals surface area contributed by atoms with E-state index < -0.39 is 0 Å². The number of nitrogens with two attached hydrogens (primary N) is 1. The lowest BCUT2D eigenvalue weighted by Crippen LogP contribution is -2.12. The number of halogens is 1.